The third-order valence-electron chi connectivity index (χ3n) is 2.54. The SMILES string of the molecule is Cc1ccc(Br)cc1-c1nc(C(N)C(=O)O)cs1. The molecule has 1 heterocycles. The summed E-state index contributed by atoms with van der Waals surface area (Å²) in [6.07, 6.45) is 0. The summed E-state index contributed by atoms with van der Waals surface area (Å²) >= 11 is 4.81. The lowest BCUT2D eigenvalue weighted by Crippen LogP contribution is -2.20. The molecule has 4 nitrogen and oxygen atoms in total. The van der Waals surface area contributed by atoms with E-state index >= 15 is 0 Å². The Balaban J connectivity index is 2.41. The molecule has 0 fully saturated rings. The zero-order valence-electron chi connectivity index (χ0n) is 9.55. The van der Waals surface area contributed by atoms with Crippen molar-refractivity contribution in [1.29, 1.82) is 0 Å². The van der Waals surface area contributed by atoms with E-state index in [9.17, 15) is 4.79 Å². The Hall–Kier alpha value is -1.24. The summed E-state index contributed by atoms with van der Waals surface area (Å²) < 4.78 is 0.961. The Morgan fingerprint density at radius 1 is 1.56 bits per heavy atom. The molecule has 1 atom stereocenters. The van der Waals surface area contributed by atoms with Crippen LogP contribution in [0.25, 0.3) is 10.6 Å². The molecule has 0 aliphatic rings. The molecule has 0 saturated heterocycles. The molecule has 94 valence electrons. The molecule has 1 aromatic heterocycles. The van der Waals surface area contributed by atoms with Gasteiger partial charge in [0.25, 0.3) is 0 Å². The van der Waals surface area contributed by atoms with Gasteiger partial charge in [-0.05, 0) is 24.6 Å². The van der Waals surface area contributed by atoms with Gasteiger partial charge in [0.15, 0.2) is 0 Å². The number of rotatable bonds is 3. The van der Waals surface area contributed by atoms with Gasteiger partial charge in [0.05, 0.1) is 5.69 Å². The monoisotopic (exact) mass is 326 g/mol. The van der Waals surface area contributed by atoms with Crippen LogP contribution < -0.4 is 5.73 Å². The van der Waals surface area contributed by atoms with E-state index in [-0.39, 0.29) is 0 Å². The minimum Gasteiger partial charge on any atom is -0.480 e. The van der Waals surface area contributed by atoms with E-state index < -0.39 is 12.0 Å². The summed E-state index contributed by atoms with van der Waals surface area (Å²) in [5.41, 5.74) is 7.99. The highest BCUT2D eigenvalue weighted by atomic mass is 79.9. The molecule has 0 bridgehead atoms. The van der Waals surface area contributed by atoms with Crippen molar-refractivity contribution >= 4 is 33.2 Å². The Morgan fingerprint density at radius 2 is 2.28 bits per heavy atom. The number of hydrogen-bond acceptors (Lipinski definition) is 4. The van der Waals surface area contributed by atoms with Crippen molar-refractivity contribution in [2.45, 2.75) is 13.0 Å². The Kier molecular flexibility index (Phi) is 3.79. The molecule has 0 spiro atoms. The van der Waals surface area contributed by atoms with Gasteiger partial charge < -0.3 is 10.8 Å². The lowest BCUT2D eigenvalue weighted by molar-refractivity contribution is -0.138. The maximum absolute atomic E-state index is 10.8. The summed E-state index contributed by atoms with van der Waals surface area (Å²) in [5, 5.41) is 11.3. The van der Waals surface area contributed by atoms with Crippen molar-refractivity contribution in [2.24, 2.45) is 5.73 Å². The van der Waals surface area contributed by atoms with E-state index in [1.807, 2.05) is 25.1 Å². The molecular weight excluding hydrogens is 316 g/mol. The van der Waals surface area contributed by atoms with Gasteiger partial charge >= 0.3 is 5.97 Å². The molecular formula is C12H11BrN2O2S. The zero-order chi connectivity index (χ0) is 13.3. The number of aromatic nitrogens is 1. The fourth-order valence-electron chi connectivity index (χ4n) is 1.50. The first-order valence-corrected chi connectivity index (χ1v) is 6.86. The first-order valence-electron chi connectivity index (χ1n) is 5.19. The topological polar surface area (TPSA) is 76.2 Å². The Morgan fingerprint density at radius 3 is 2.94 bits per heavy atom. The average molecular weight is 327 g/mol. The van der Waals surface area contributed by atoms with Gasteiger partial charge in [-0.2, -0.15) is 0 Å². The number of nitrogens with zero attached hydrogens (tertiary/aromatic N) is 1. The molecule has 1 aromatic carbocycles. The molecule has 2 rings (SSSR count). The van der Waals surface area contributed by atoms with Crippen molar-refractivity contribution < 1.29 is 9.90 Å². The lowest BCUT2D eigenvalue weighted by atomic mass is 10.1. The van der Waals surface area contributed by atoms with E-state index in [1.54, 1.807) is 5.38 Å². The Labute approximate surface area is 117 Å². The van der Waals surface area contributed by atoms with Crippen molar-refractivity contribution in [3.63, 3.8) is 0 Å². The second-order valence-electron chi connectivity index (χ2n) is 3.85. The van der Waals surface area contributed by atoms with Crippen LogP contribution in [-0.2, 0) is 4.79 Å². The first kappa shape index (κ1) is 13.2. The van der Waals surface area contributed by atoms with Gasteiger partial charge in [0, 0.05) is 15.4 Å². The normalized spacial score (nSPS) is 12.4. The molecule has 0 aliphatic carbocycles. The van der Waals surface area contributed by atoms with Crippen LogP contribution in [0, 0.1) is 6.92 Å². The average Bonchev–Trinajstić information content (AvgIpc) is 2.80. The van der Waals surface area contributed by atoms with Crippen LogP contribution in [0.3, 0.4) is 0 Å². The van der Waals surface area contributed by atoms with Crippen LogP contribution in [0.4, 0.5) is 0 Å². The summed E-state index contributed by atoms with van der Waals surface area (Å²) in [6, 6.07) is 4.83. The predicted octanol–water partition coefficient (Wildman–Crippen LogP) is 2.97. The lowest BCUT2D eigenvalue weighted by Gasteiger charge is -2.03. The zero-order valence-corrected chi connectivity index (χ0v) is 12.0. The van der Waals surface area contributed by atoms with E-state index in [1.165, 1.54) is 11.3 Å². The largest absolute Gasteiger partial charge is 0.480 e. The number of carbonyl (C=O) groups is 1. The number of benzene rings is 1. The van der Waals surface area contributed by atoms with Crippen LogP contribution in [0.2, 0.25) is 0 Å². The maximum atomic E-state index is 10.8. The fourth-order valence-corrected chi connectivity index (χ4v) is 2.80. The highest BCUT2D eigenvalue weighted by Crippen LogP contribution is 2.30. The second-order valence-corrected chi connectivity index (χ2v) is 5.63. The van der Waals surface area contributed by atoms with Gasteiger partial charge in [-0.3, -0.25) is 4.79 Å². The standard InChI is InChI=1S/C12H11BrN2O2S/c1-6-2-3-7(13)4-8(6)11-15-9(5-18-11)10(14)12(16)17/h2-5,10H,14H2,1H3,(H,16,17). The Bertz CT molecular complexity index is 598. The van der Waals surface area contributed by atoms with Gasteiger partial charge in [-0.15, -0.1) is 11.3 Å². The summed E-state index contributed by atoms with van der Waals surface area (Å²) in [7, 11) is 0. The molecule has 2 aromatic rings. The minimum atomic E-state index is -1.07. The van der Waals surface area contributed by atoms with E-state index in [0.29, 0.717) is 5.69 Å². The molecule has 0 saturated carbocycles. The number of aliphatic carboxylic acids is 1. The number of halogens is 1. The second kappa shape index (κ2) is 5.17. The number of carboxylic acids is 1. The molecule has 1 unspecified atom stereocenters. The first-order chi connectivity index (χ1) is 8.49. The smallest absolute Gasteiger partial charge is 0.326 e. The molecule has 18 heavy (non-hydrogen) atoms. The van der Waals surface area contributed by atoms with Crippen molar-refractivity contribution in [1.82, 2.24) is 4.98 Å². The van der Waals surface area contributed by atoms with Crippen molar-refractivity contribution in [3.05, 3.63) is 39.3 Å². The third-order valence-corrected chi connectivity index (χ3v) is 3.92. The van der Waals surface area contributed by atoms with Gasteiger partial charge in [-0.1, -0.05) is 22.0 Å². The molecule has 6 heteroatoms. The quantitative estimate of drug-likeness (QED) is 0.909. The van der Waals surface area contributed by atoms with Crippen LogP contribution in [-0.4, -0.2) is 16.1 Å². The number of thiazole rings is 1. The molecule has 0 aliphatic heterocycles. The number of nitrogens with two attached hydrogens (primary N) is 1. The van der Waals surface area contributed by atoms with Crippen LogP contribution in [0.15, 0.2) is 28.1 Å². The number of aryl methyl sites for hydroxylation is 1. The third kappa shape index (κ3) is 2.60. The highest BCUT2D eigenvalue weighted by Gasteiger charge is 2.18. The van der Waals surface area contributed by atoms with E-state index in [4.69, 9.17) is 10.8 Å². The van der Waals surface area contributed by atoms with E-state index in [2.05, 4.69) is 20.9 Å². The number of carboxylic acid groups (broad SMARTS) is 1. The van der Waals surface area contributed by atoms with Gasteiger partial charge in [-0.25, -0.2) is 4.98 Å². The molecule has 3 N–H and O–H groups in total. The minimum absolute atomic E-state index is 0.391. The van der Waals surface area contributed by atoms with E-state index in [0.717, 1.165) is 20.6 Å². The summed E-state index contributed by atoms with van der Waals surface area (Å²) in [4.78, 5) is 15.1. The van der Waals surface area contributed by atoms with Crippen molar-refractivity contribution in [2.75, 3.05) is 0 Å². The van der Waals surface area contributed by atoms with Crippen molar-refractivity contribution in [3.8, 4) is 10.6 Å². The number of hydrogen-bond donors (Lipinski definition) is 2. The summed E-state index contributed by atoms with van der Waals surface area (Å²) in [6.45, 7) is 1.99. The maximum Gasteiger partial charge on any atom is 0.326 e. The predicted molar refractivity (Wildman–Crippen MR) is 74.6 cm³/mol. The van der Waals surface area contributed by atoms with Gasteiger partial charge in [0.2, 0.25) is 0 Å². The fraction of sp³-hybridized carbons (Fsp3) is 0.167. The van der Waals surface area contributed by atoms with Crippen LogP contribution >= 0.6 is 27.3 Å². The van der Waals surface area contributed by atoms with Crippen LogP contribution in [0.1, 0.15) is 17.3 Å². The van der Waals surface area contributed by atoms with Crippen LogP contribution in [0.5, 0.6) is 0 Å². The highest BCUT2D eigenvalue weighted by molar-refractivity contribution is 9.10. The molecule has 0 radical (unpaired) electrons. The molecule has 0 amide bonds. The summed E-state index contributed by atoms with van der Waals surface area (Å²) in [5.74, 6) is -1.07. The van der Waals surface area contributed by atoms with Gasteiger partial charge in [0.1, 0.15) is 11.0 Å².